The van der Waals surface area contributed by atoms with Crippen LogP contribution in [0.4, 0.5) is 5.13 Å². The van der Waals surface area contributed by atoms with Gasteiger partial charge in [-0.3, -0.25) is 9.59 Å². The van der Waals surface area contributed by atoms with E-state index in [1.54, 1.807) is 11.3 Å². The summed E-state index contributed by atoms with van der Waals surface area (Å²) in [5.74, 6) is 0.154. The number of Topliss-reactive ketones (excluding diaryl/α,β-unsaturated/α-hetero) is 1. The molecule has 2 heterocycles. The molecule has 0 bridgehead atoms. The third-order valence-electron chi connectivity index (χ3n) is 3.84. The number of carbonyl (C=O) groups excluding carboxylic acids is 2. The fourth-order valence-electron chi connectivity index (χ4n) is 2.60. The number of aryl methyl sites for hydroxylation is 1. The van der Waals surface area contributed by atoms with Crippen LogP contribution >= 0.6 is 11.3 Å². The van der Waals surface area contributed by atoms with E-state index >= 15 is 0 Å². The number of fused-ring (bicyclic) bond motifs is 1. The lowest BCUT2D eigenvalue weighted by Gasteiger charge is -2.41. The third kappa shape index (κ3) is 1.94. The van der Waals surface area contributed by atoms with Gasteiger partial charge in [0.05, 0.1) is 0 Å². The Morgan fingerprint density at radius 2 is 2.11 bits per heavy atom. The lowest BCUT2D eigenvalue weighted by Crippen LogP contribution is -2.62. The molecule has 1 fully saturated rings. The van der Waals surface area contributed by atoms with Crippen LogP contribution in [0.25, 0.3) is 0 Å². The molecule has 1 amide bonds. The number of amides is 1. The second kappa shape index (κ2) is 4.30. The standard InChI is InChI=1S/C13H17N3O2S/c1-13(2)11(18)14-6-7-16(13)12-15-10-8(17)4-3-5-9(10)19-12/h3-7H2,1-2H3,(H,14,18). The molecule has 1 aromatic rings. The number of thiazole rings is 1. The third-order valence-corrected chi connectivity index (χ3v) is 4.98. The van der Waals surface area contributed by atoms with E-state index in [0.717, 1.165) is 29.4 Å². The summed E-state index contributed by atoms with van der Waals surface area (Å²) in [6, 6.07) is 0. The van der Waals surface area contributed by atoms with Crippen LogP contribution in [0.2, 0.25) is 0 Å². The lowest BCUT2D eigenvalue weighted by molar-refractivity contribution is -0.126. The molecule has 0 saturated carbocycles. The predicted octanol–water partition coefficient (Wildman–Crippen LogP) is 1.38. The van der Waals surface area contributed by atoms with E-state index in [1.165, 1.54) is 0 Å². The second-order valence-corrected chi connectivity index (χ2v) is 6.57. The first-order valence-electron chi connectivity index (χ1n) is 6.59. The zero-order chi connectivity index (χ0) is 13.6. The molecule has 1 aliphatic heterocycles. The number of hydrogen-bond donors (Lipinski definition) is 1. The zero-order valence-electron chi connectivity index (χ0n) is 11.2. The van der Waals surface area contributed by atoms with Crippen molar-refractivity contribution in [2.24, 2.45) is 0 Å². The Morgan fingerprint density at radius 1 is 1.32 bits per heavy atom. The first-order chi connectivity index (χ1) is 9.00. The van der Waals surface area contributed by atoms with Crippen LogP contribution in [-0.4, -0.2) is 35.3 Å². The van der Waals surface area contributed by atoms with E-state index in [9.17, 15) is 9.59 Å². The quantitative estimate of drug-likeness (QED) is 0.843. The molecule has 0 aromatic carbocycles. The van der Waals surface area contributed by atoms with Crippen molar-refractivity contribution < 1.29 is 9.59 Å². The van der Waals surface area contributed by atoms with Crippen LogP contribution in [0.15, 0.2) is 0 Å². The topological polar surface area (TPSA) is 62.3 Å². The highest BCUT2D eigenvalue weighted by molar-refractivity contribution is 7.16. The SMILES string of the molecule is CC1(C)C(=O)NCCN1c1nc2c(s1)CCCC2=O. The molecule has 0 atom stereocenters. The van der Waals surface area contributed by atoms with E-state index in [2.05, 4.69) is 10.3 Å². The van der Waals surface area contributed by atoms with Crippen molar-refractivity contribution in [3.63, 3.8) is 0 Å². The highest BCUT2D eigenvalue weighted by Gasteiger charge is 2.40. The van der Waals surface area contributed by atoms with E-state index in [1.807, 2.05) is 18.7 Å². The fraction of sp³-hybridized carbons (Fsp3) is 0.615. The second-order valence-electron chi connectivity index (χ2n) is 5.51. The number of carbonyl (C=O) groups is 2. The summed E-state index contributed by atoms with van der Waals surface area (Å²) >= 11 is 1.56. The van der Waals surface area contributed by atoms with Crippen LogP contribution in [0, 0.1) is 0 Å². The van der Waals surface area contributed by atoms with Crippen molar-refractivity contribution in [2.75, 3.05) is 18.0 Å². The molecule has 102 valence electrons. The molecule has 1 aromatic heterocycles. The average molecular weight is 279 g/mol. The van der Waals surface area contributed by atoms with Gasteiger partial charge in [0.15, 0.2) is 10.9 Å². The highest BCUT2D eigenvalue weighted by Crippen LogP contribution is 2.35. The summed E-state index contributed by atoms with van der Waals surface area (Å²) in [7, 11) is 0. The Hall–Kier alpha value is -1.43. The summed E-state index contributed by atoms with van der Waals surface area (Å²) in [6.07, 6.45) is 2.44. The summed E-state index contributed by atoms with van der Waals surface area (Å²) in [5.41, 5.74) is 0.0231. The monoisotopic (exact) mass is 279 g/mol. The van der Waals surface area contributed by atoms with Gasteiger partial charge in [-0.1, -0.05) is 0 Å². The van der Waals surface area contributed by atoms with Gasteiger partial charge < -0.3 is 10.2 Å². The summed E-state index contributed by atoms with van der Waals surface area (Å²) < 4.78 is 0. The number of nitrogens with zero attached hydrogens (tertiary/aromatic N) is 2. The van der Waals surface area contributed by atoms with Crippen molar-refractivity contribution in [2.45, 2.75) is 38.6 Å². The Kier molecular flexibility index (Phi) is 2.85. The maximum absolute atomic E-state index is 12.0. The van der Waals surface area contributed by atoms with Crippen LogP contribution in [0.5, 0.6) is 0 Å². The number of anilines is 1. The van der Waals surface area contributed by atoms with Gasteiger partial charge in [0.25, 0.3) is 0 Å². The van der Waals surface area contributed by atoms with Gasteiger partial charge in [0.1, 0.15) is 11.2 Å². The number of rotatable bonds is 1. The van der Waals surface area contributed by atoms with Gasteiger partial charge in [-0.25, -0.2) is 4.98 Å². The number of piperazine rings is 1. The molecular weight excluding hydrogens is 262 g/mol. The van der Waals surface area contributed by atoms with Gasteiger partial charge in [0, 0.05) is 24.4 Å². The molecule has 0 unspecified atom stereocenters. The molecule has 1 saturated heterocycles. The van der Waals surface area contributed by atoms with Crippen molar-refractivity contribution >= 4 is 28.2 Å². The molecule has 3 rings (SSSR count). The largest absolute Gasteiger partial charge is 0.352 e. The summed E-state index contributed by atoms with van der Waals surface area (Å²) in [6.45, 7) is 5.15. The van der Waals surface area contributed by atoms with Gasteiger partial charge in [-0.05, 0) is 26.7 Å². The molecule has 19 heavy (non-hydrogen) atoms. The smallest absolute Gasteiger partial charge is 0.245 e. The van der Waals surface area contributed by atoms with Crippen LogP contribution in [0.1, 0.15) is 42.1 Å². The van der Waals surface area contributed by atoms with Crippen molar-refractivity contribution in [3.05, 3.63) is 10.6 Å². The lowest BCUT2D eigenvalue weighted by atomic mass is 10.00. The van der Waals surface area contributed by atoms with E-state index in [0.29, 0.717) is 18.7 Å². The highest BCUT2D eigenvalue weighted by atomic mass is 32.1. The van der Waals surface area contributed by atoms with E-state index in [4.69, 9.17) is 0 Å². The number of nitrogens with one attached hydrogen (secondary N) is 1. The van der Waals surface area contributed by atoms with Gasteiger partial charge in [-0.15, -0.1) is 11.3 Å². The molecule has 2 aliphatic rings. The van der Waals surface area contributed by atoms with Crippen LogP contribution < -0.4 is 10.2 Å². The van der Waals surface area contributed by atoms with Gasteiger partial charge >= 0.3 is 0 Å². The minimum atomic E-state index is -0.609. The summed E-state index contributed by atoms with van der Waals surface area (Å²) in [5, 5.41) is 3.68. The molecule has 6 heteroatoms. The normalized spacial score (nSPS) is 22.1. The van der Waals surface area contributed by atoms with Crippen molar-refractivity contribution in [3.8, 4) is 0 Å². The molecular formula is C13H17N3O2S. The number of aromatic nitrogens is 1. The summed E-state index contributed by atoms with van der Waals surface area (Å²) in [4.78, 5) is 31.4. The van der Waals surface area contributed by atoms with Crippen LogP contribution in [0.3, 0.4) is 0 Å². The number of hydrogen-bond acceptors (Lipinski definition) is 5. The molecule has 0 spiro atoms. The zero-order valence-corrected chi connectivity index (χ0v) is 12.0. The maximum atomic E-state index is 12.0. The minimum Gasteiger partial charge on any atom is -0.352 e. The minimum absolute atomic E-state index is 0.0123. The molecule has 1 N–H and O–H groups in total. The first-order valence-corrected chi connectivity index (χ1v) is 7.40. The van der Waals surface area contributed by atoms with Crippen molar-refractivity contribution in [1.82, 2.24) is 10.3 Å². The van der Waals surface area contributed by atoms with Gasteiger partial charge in [-0.2, -0.15) is 0 Å². The fourth-order valence-corrected chi connectivity index (χ4v) is 3.89. The predicted molar refractivity (Wildman–Crippen MR) is 73.8 cm³/mol. The first kappa shape index (κ1) is 12.6. The molecule has 1 aliphatic carbocycles. The van der Waals surface area contributed by atoms with E-state index < -0.39 is 5.54 Å². The van der Waals surface area contributed by atoms with E-state index in [-0.39, 0.29) is 11.7 Å². The average Bonchev–Trinajstić information content (AvgIpc) is 2.77. The Bertz CT molecular complexity index is 550. The van der Waals surface area contributed by atoms with Gasteiger partial charge in [0.2, 0.25) is 5.91 Å². The molecule has 5 nitrogen and oxygen atoms in total. The van der Waals surface area contributed by atoms with Crippen molar-refractivity contribution in [1.29, 1.82) is 0 Å². The van der Waals surface area contributed by atoms with Crippen LogP contribution in [-0.2, 0) is 11.2 Å². The Morgan fingerprint density at radius 3 is 2.84 bits per heavy atom. The molecule has 0 radical (unpaired) electrons. The number of ketones is 1. The Labute approximate surface area is 116 Å². The maximum Gasteiger partial charge on any atom is 0.245 e. The Balaban J connectivity index is 1.98.